The Labute approximate surface area is 160 Å². The van der Waals surface area contributed by atoms with Crippen LogP contribution in [0.2, 0.25) is 0 Å². The number of likely N-dealkylation sites (tertiary alicyclic amines) is 1. The van der Waals surface area contributed by atoms with Crippen LogP contribution in [-0.4, -0.2) is 63.7 Å². The lowest BCUT2D eigenvalue weighted by Gasteiger charge is -2.23. The fourth-order valence-electron chi connectivity index (χ4n) is 3.32. The zero-order valence-corrected chi connectivity index (χ0v) is 16.3. The standard InChI is InChI=1S/C20H28N4O3/c1-14(2)15-6-8-16(9-7-15)20-21-18(27-22-20)13-23(3)11-17(25)12-24-10-4-5-19(24)26/h6-9,14,17,25H,4-5,10-13H2,1-3H3. The van der Waals surface area contributed by atoms with Gasteiger partial charge in [-0.2, -0.15) is 4.98 Å². The van der Waals surface area contributed by atoms with Crippen molar-refractivity contribution >= 4 is 5.91 Å². The van der Waals surface area contributed by atoms with Crippen LogP contribution in [0.25, 0.3) is 11.4 Å². The van der Waals surface area contributed by atoms with Crippen molar-refractivity contribution in [3.8, 4) is 11.4 Å². The van der Waals surface area contributed by atoms with Gasteiger partial charge < -0.3 is 14.5 Å². The summed E-state index contributed by atoms with van der Waals surface area (Å²) in [6.45, 7) is 6.31. The molecule has 1 aliphatic heterocycles. The van der Waals surface area contributed by atoms with Crippen molar-refractivity contribution in [2.45, 2.75) is 45.3 Å². The van der Waals surface area contributed by atoms with E-state index in [1.165, 1.54) is 5.56 Å². The molecule has 27 heavy (non-hydrogen) atoms. The minimum Gasteiger partial charge on any atom is -0.390 e. The highest BCUT2D eigenvalue weighted by Crippen LogP contribution is 2.20. The Bertz CT molecular complexity index is 757. The molecule has 1 aromatic carbocycles. The molecule has 146 valence electrons. The Hall–Kier alpha value is -2.25. The minimum atomic E-state index is -0.594. The van der Waals surface area contributed by atoms with Gasteiger partial charge in [-0.05, 0) is 24.9 Å². The van der Waals surface area contributed by atoms with E-state index in [2.05, 4.69) is 36.1 Å². The molecule has 0 radical (unpaired) electrons. The van der Waals surface area contributed by atoms with E-state index in [0.717, 1.165) is 18.5 Å². The summed E-state index contributed by atoms with van der Waals surface area (Å²) in [7, 11) is 1.89. The highest BCUT2D eigenvalue weighted by molar-refractivity contribution is 5.78. The molecule has 1 fully saturated rings. The number of carbonyl (C=O) groups is 1. The second kappa shape index (κ2) is 8.63. The molecule has 1 atom stereocenters. The number of carbonyl (C=O) groups excluding carboxylic acids is 1. The third-order valence-electron chi connectivity index (χ3n) is 4.83. The van der Waals surface area contributed by atoms with Gasteiger partial charge in [0.25, 0.3) is 0 Å². The number of aromatic nitrogens is 2. The zero-order chi connectivity index (χ0) is 19.4. The maximum absolute atomic E-state index is 11.7. The number of benzene rings is 1. The van der Waals surface area contributed by atoms with Gasteiger partial charge in [0.2, 0.25) is 17.6 Å². The summed E-state index contributed by atoms with van der Waals surface area (Å²) in [5.41, 5.74) is 2.19. The molecule has 1 unspecified atom stereocenters. The van der Waals surface area contributed by atoms with Crippen molar-refractivity contribution in [2.24, 2.45) is 0 Å². The van der Waals surface area contributed by atoms with Crippen molar-refractivity contribution < 1.29 is 14.4 Å². The Morgan fingerprint density at radius 2 is 2.04 bits per heavy atom. The van der Waals surface area contributed by atoms with Crippen molar-refractivity contribution in [1.82, 2.24) is 19.9 Å². The van der Waals surface area contributed by atoms with E-state index >= 15 is 0 Å². The number of β-amino-alcohol motifs (C(OH)–C–C–N with tert-alkyl or cyclic N) is 1. The SMILES string of the molecule is CC(C)c1ccc(-c2noc(CN(C)CC(O)CN3CCCC3=O)n2)cc1. The first-order chi connectivity index (χ1) is 12.9. The van der Waals surface area contributed by atoms with Gasteiger partial charge in [0.05, 0.1) is 12.6 Å². The van der Waals surface area contributed by atoms with E-state index < -0.39 is 6.10 Å². The summed E-state index contributed by atoms with van der Waals surface area (Å²) < 4.78 is 5.35. The first-order valence-electron chi connectivity index (χ1n) is 9.49. The number of aliphatic hydroxyl groups is 1. The first kappa shape index (κ1) is 19.5. The number of amides is 1. The molecule has 0 saturated carbocycles. The molecule has 0 bridgehead atoms. The molecule has 7 nitrogen and oxygen atoms in total. The molecule has 7 heteroatoms. The zero-order valence-electron chi connectivity index (χ0n) is 16.3. The molecule has 0 aliphatic carbocycles. The summed E-state index contributed by atoms with van der Waals surface area (Å²) in [6.07, 6.45) is 0.874. The summed E-state index contributed by atoms with van der Waals surface area (Å²) in [5.74, 6) is 1.68. The van der Waals surface area contributed by atoms with Crippen LogP contribution in [0, 0.1) is 0 Å². The monoisotopic (exact) mass is 372 g/mol. The van der Waals surface area contributed by atoms with Crippen molar-refractivity contribution in [1.29, 1.82) is 0 Å². The molecule has 2 heterocycles. The molecule has 0 spiro atoms. The number of hydrogen-bond donors (Lipinski definition) is 1. The van der Waals surface area contributed by atoms with E-state index in [4.69, 9.17) is 4.52 Å². The van der Waals surface area contributed by atoms with Crippen LogP contribution in [0.3, 0.4) is 0 Å². The van der Waals surface area contributed by atoms with Gasteiger partial charge in [0, 0.05) is 31.6 Å². The third kappa shape index (κ3) is 5.14. The smallest absolute Gasteiger partial charge is 0.241 e. The van der Waals surface area contributed by atoms with Crippen LogP contribution in [0.5, 0.6) is 0 Å². The molecule has 1 aromatic heterocycles. The number of aliphatic hydroxyl groups excluding tert-OH is 1. The number of likely N-dealkylation sites (N-methyl/N-ethyl adjacent to an activating group) is 1. The molecule has 1 N–H and O–H groups in total. The van der Waals surface area contributed by atoms with E-state index in [1.807, 2.05) is 24.1 Å². The predicted octanol–water partition coefficient (Wildman–Crippen LogP) is 2.28. The van der Waals surface area contributed by atoms with Crippen LogP contribution in [0.4, 0.5) is 0 Å². The lowest BCUT2D eigenvalue weighted by molar-refractivity contribution is -0.129. The summed E-state index contributed by atoms with van der Waals surface area (Å²) in [4.78, 5) is 19.7. The van der Waals surface area contributed by atoms with Gasteiger partial charge in [0.1, 0.15) is 0 Å². The summed E-state index contributed by atoms with van der Waals surface area (Å²) >= 11 is 0. The topological polar surface area (TPSA) is 82.7 Å². The number of rotatable bonds is 8. The van der Waals surface area contributed by atoms with Crippen LogP contribution < -0.4 is 0 Å². The molecule has 1 amide bonds. The van der Waals surface area contributed by atoms with Crippen molar-refractivity contribution in [2.75, 3.05) is 26.7 Å². The highest BCUT2D eigenvalue weighted by atomic mass is 16.5. The quantitative estimate of drug-likeness (QED) is 0.765. The van der Waals surface area contributed by atoms with E-state index in [0.29, 0.717) is 43.7 Å². The van der Waals surface area contributed by atoms with E-state index in [-0.39, 0.29) is 5.91 Å². The Kier molecular flexibility index (Phi) is 6.23. The third-order valence-corrected chi connectivity index (χ3v) is 4.83. The number of hydrogen-bond acceptors (Lipinski definition) is 6. The van der Waals surface area contributed by atoms with Crippen molar-refractivity contribution in [3.63, 3.8) is 0 Å². The molecular formula is C20H28N4O3. The predicted molar refractivity (Wildman–Crippen MR) is 102 cm³/mol. The van der Waals surface area contributed by atoms with Gasteiger partial charge in [-0.1, -0.05) is 43.3 Å². The summed E-state index contributed by atoms with van der Waals surface area (Å²) in [6, 6.07) is 8.17. The molecule has 1 aliphatic rings. The molecule has 2 aromatic rings. The minimum absolute atomic E-state index is 0.127. The van der Waals surface area contributed by atoms with E-state index in [1.54, 1.807) is 4.90 Å². The lowest BCUT2D eigenvalue weighted by Crippen LogP contribution is -2.39. The fraction of sp³-hybridized carbons (Fsp3) is 0.550. The maximum atomic E-state index is 11.7. The van der Waals surface area contributed by atoms with Crippen LogP contribution in [0.1, 0.15) is 44.1 Å². The normalized spacial score (nSPS) is 15.9. The van der Waals surface area contributed by atoms with Crippen LogP contribution in [0.15, 0.2) is 28.8 Å². The second-order valence-corrected chi connectivity index (χ2v) is 7.58. The Morgan fingerprint density at radius 1 is 1.30 bits per heavy atom. The molecule has 3 rings (SSSR count). The Balaban J connectivity index is 1.52. The van der Waals surface area contributed by atoms with Gasteiger partial charge in [-0.15, -0.1) is 0 Å². The summed E-state index contributed by atoms with van der Waals surface area (Å²) in [5, 5.41) is 14.3. The largest absolute Gasteiger partial charge is 0.390 e. The molecular weight excluding hydrogens is 344 g/mol. The van der Waals surface area contributed by atoms with Crippen LogP contribution >= 0.6 is 0 Å². The number of nitrogens with zero attached hydrogens (tertiary/aromatic N) is 4. The van der Waals surface area contributed by atoms with Gasteiger partial charge in [0.15, 0.2) is 0 Å². The lowest BCUT2D eigenvalue weighted by atomic mass is 10.0. The highest BCUT2D eigenvalue weighted by Gasteiger charge is 2.23. The van der Waals surface area contributed by atoms with E-state index in [9.17, 15) is 9.90 Å². The van der Waals surface area contributed by atoms with Gasteiger partial charge in [-0.3, -0.25) is 9.69 Å². The first-order valence-corrected chi connectivity index (χ1v) is 9.49. The molecule has 1 saturated heterocycles. The van der Waals surface area contributed by atoms with Gasteiger partial charge >= 0.3 is 0 Å². The average molecular weight is 372 g/mol. The average Bonchev–Trinajstić information content (AvgIpc) is 3.24. The van der Waals surface area contributed by atoms with Gasteiger partial charge in [-0.25, -0.2) is 0 Å². The van der Waals surface area contributed by atoms with Crippen LogP contribution in [-0.2, 0) is 11.3 Å². The Morgan fingerprint density at radius 3 is 2.67 bits per heavy atom. The van der Waals surface area contributed by atoms with Crippen molar-refractivity contribution in [3.05, 3.63) is 35.7 Å². The maximum Gasteiger partial charge on any atom is 0.241 e. The second-order valence-electron chi connectivity index (χ2n) is 7.58. The fourth-order valence-corrected chi connectivity index (χ4v) is 3.32.